The van der Waals surface area contributed by atoms with Crippen molar-refractivity contribution in [2.45, 2.75) is 0 Å². The maximum atomic E-state index is 13.6. The fourth-order valence-corrected chi connectivity index (χ4v) is 3.12. The average molecular weight is 405 g/mol. The van der Waals surface area contributed by atoms with Crippen LogP contribution >= 0.6 is 11.6 Å². The van der Waals surface area contributed by atoms with Gasteiger partial charge in [0.15, 0.2) is 0 Å². The van der Waals surface area contributed by atoms with Crippen molar-refractivity contribution in [2.75, 3.05) is 49.9 Å². The minimum atomic E-state index is -0.452. The molecule has 2 aromatic rings. The standard InChI is InChI=1S/C20H22ClFN4O2/c21-15-5-7-16(8-6-15)23-19(27)13-25-9-11-26(12-10-25)14-20(28)24-18-4-2-1-3-17(18)22/h1-8H,9-14H2,(H,23,27)(H,24,28). The molecule has 0 saturated carbocycles. The molecule has 1 saturated heterocycles. The average Bonchev–Trinajstić information content (AvgIpc) is 2.67. The van der Waals surface area contributed by atoms with Crippen LogP contribution in [0.25, 0.3) is 0 Å². The second kappa shape index (κ2) is 9.64. The Balaban J connectivity index is 1.39. The van der Waals surface area contributed by atoms with Gasteiger partial charge in [-0.05, 0) is 36.4 Å². The Morgan fingerprint density at radius 3 is 1.96 bits per heavy atom. The molecule has 1 aliphatic rings. The molecule has 0 spiro atoms. The fraction of sp³-hybridized carbons (Fsp3) is 0.300. The number of nitrogens with zero attached hydrogens (tertiary/aromatic N) is 2. The summed E-state index contributed by atoms with van der Waals surface area (Å²) in [5, 5.41) is 6.05. The lowest BCUT2D eigenvalue weighted by atomic mass is 10.2. The van der Waals surface area contributed by atoms with Crippen molar-refractivity contribution >= 4 is 34.8 Å². The smallest absolute Gasteiger partial charge is 0.238 e. The first-order chi connectivity index (χ1) is 13.5. The molecule has 0 radical (unpaired) electrons. The molecule has 0 aliphatic carbocycles. The van der Waals surface area contributed by atoms with Crippen LogP contribution in [0.1, 0.15) is 0 Å². The Kier molecular flexibility index (Phi) is 6.97. The molecular weight excluding hydrogens is 383 g/mol. The van der Waals surface area contributed by atoms with Gasteiger partial charge in [0.1, 0.15) is 5.82 Å². The number of hydrogen-bond acceptors (Lipinski definition) is 4. The van der Waals surface area contributed by atoms with E-state index in [4.69, 9.17) is 11.6 Å². The van der Waals surface area contributed by atoms with Crippen molar-refractivity contribution in [3.63, 3.8) is 0 Å². The van der Waals surface area contributed by atoms with Crippen LogP contribution in [-0.2, 0) is 9.59 Å². The molecule has 1 fully saturated rings. The minimum Gasteiger partial charge on any atom is -0.325 e. The van der Waals surface area contributed by atoms with Crippen LogP contribution in [0, 0.1) is 5.82 Å². The first-order valence-electron chi connectivity index (χ1n) is 9.04. The summed E-state index contributed by atoms with van der Waals surface area (Å²) in [6.45, 7) is 3.18. The second-order valence-corrected chi connectivity index (χ2v) is 7.07. The third-order valence-electron chi connectivity index (χ3n) is 4.48. The van der Waals surface area contributed by atoms with E-state index >= 15 is 0 Å². The topological polar surface area (TPSA) is 64.7 Å². The summed E-state index contributed by atoms with van der Waals surface area (Å²) in [4.78, 5) is 28.3. The quantitative estimate of drug-likeness (QED) is 0.777. The van der Waals surface area contributed by atoms with Gasteiger partial charge in [-0.1, -0.05) is 23.7 Å². The Morgan fingerprint density at radius 2 is 1.39 bits per heavy atom. The third kappa shape index (κ3) is 6.02. The number of anilines is 2. The Morgan fingerprint density at radius 1 is 0.857 bits per heavy atom. The molecule has 3 rings (SSSR count). The van der Waals surface area contributed by atoms with E-state index in [0.29, 0.717) is 36.9 Å². The highest BCUT2D eigenvalue weighted by atomic mass is 35.5. The van der Waals surface area contributed by atoms with Crippen LogP contribution in [0.3, 0.4) is 0 Å². The molecule has 0 aromatic heterocycles. The van der Waals surface area contributed by atoms with Gasteiger partial charge in [0, 0.05) is 36.9 Å². The molecule has 2 amide bonds. The molecular formula is C20H22ClFN4O2. The third-order valence-corrected chi connectivity index (χ3v) is 4.73. The summed E-state index contributed by atoms with van der Waals surface area (Å²) in [5.74, 6) is -0.792. The highest BCUT2D eigenvalue weighted by Gasteiger charge is 2.21. The van der Waals surface area contributed by atoms with Gasteiger partial charge in [-0.15, -0.1) is 0 Å². The SMILES string of the molecule is O=C(CN1CCN(CC(=O)Nc2ccccc2F)CC1)Nc1ccc(Cl)cc1. The molecule has 148 valence electrons. The number of rotatable bonds is 6. The Bertz CT molecular complexity index is 823. The van der Waals surface area contributed by atoms with Crippen molar-refractivity contribution in [1.82, 2.24) is 9.80 Å². The van der Waals surface area contributed by atoms with Crippen LogP contribution in [0.15, 0.2) is 48.5 Å². The Labute approximate surface area is 168 Å². The molecule has 2 aromatic carbocycles. The van der Waals surface area contributed by atoms with Crippen molar-refractivity contribution in [1.29, 1.82) is 0 Å². The zero-order chi connectivity index (χ0) is 19.9. The molecule has 1 heterocycles. The van der Waals surface area contributed by atoms with E-state index in [1.807, 2.05) is 9.80 Å². The fourth-order valence-electron chi connectivity index (χ4n) is 3.00. The molecule has 0 bridgehead atoms. The van der Waals surface area contributed by atoms with E-state index in [0.717, 1.165) is 0 Å². The van der Waals surface area contributed by atoms with E-state index in [9.17, 15) is 14.0 Å². The van der Waals surface area contributed by atoms with Crippen molar-refractivity contribution in [3.05, 3.63) is 59.4 Å². The minimum absolute atomic E-state index is 0.0898. The van der Waals surface area contributed by atoms with E-state index in [2.05, 4.69) is 10.6 Å². The molecule has 0 atom stereocenters. The van der Waals surface area contributed by atoms with Gasteiger partial charge in [-0.3, -0.25) is 19.4 Å². The maximum Gasteiger partial charge on any atom is 0.238 e. The predicted molar refractivity (Wildman–Crippen MR) is 108 cm³/mol. The van der Waals surface area contributed by atoms with E-state index in [1.54, 1.807) is 36.4 Å². The zero-order valence-electron chi connectivity index (χ0n) is 15.3. The number of carbonyl (C=O) groups excluding carboxylic acids is 2. The van der Waals surface area contributed by atoms with Gasteiger partial charge < -0.3 is 10.6 Å². The highest BCUT2D eigenvalue weighted by Crippen LogP contribution is 2.14. The van der Waals surface area contributed by atoms with Crippen LogP contribution < -0.4 is 10.6 Å². The highest BCUT2D eigenvalue weighted by molar-refractivity contribution is 6.30. The summed E-state index contributed by atoms with van der Waals surface area (Å²) >= 11 is 5.83. The number of amides is 2. The number of benzene rings is 2. The van der Waals surface area contributed by atoms with E-state index in [-0.39, 0.29) is 30.6 Å². The van der Waals surface area contributed by atoms with Gasteiger partial charge in [-0.2, -0.15) is 0 Å². The zero-order valence-corrected chi connectivity index (χ0v) is 16.1. The number of para-hydroxylation sites is 1. The number of hydrogen-bond donors (Lipinski definition) is 2. The molecule has 6 nitrogen and oxygen atoms in total. The lowest BCUT2D eigenvalue weighted by molar-refractivity contribution is -0.120. The first-order valence-corrected chi connectivity index (χ1v) is 9.42. The number of carbonyl (C=O) groups is 2. The van der Waals surface area contributed by atoms with Crippen LogP contribution in [-0.4, -0.2) is 60.9 Å². The summed E-state index contributed by atoms with van der Waals surface area (Å²) in [7, 11) is 0. The van der Waals surface area contributed by atoms with Crippen molar-refractivity contribution in [2.24, 2.45) is 0 Å². The normalized spacial score (nSPS) is 15.2. The lowest BCUT2D eigenvalue weighted by Crippen LogP contribution is -2.50. The van der Waals surface area contributed by atoms with Crippen molar-refractivity contribution < 1.29 is 14.0 Å². The van der Waals surface area contributed by atoms with E-state index < -0.39 is 5.82 Å². The van der Waals surface area contributed by atoms with Crippen LogP contribution in [0.2, 0.25) is 5.02 Å². The summed E-state index contributed by atoms with van der Waals surface area (Å²) in [6.07, 6.45) is 0. The van der Waals surface area contributed by atoms with Gasteiger partial charge in [0.05, 0.1) is 18.8 Å². The number of piperazine rings is 1. The number of nitrogens with one attached hydrogen (secondary N) is 2. The van der Waals surface area contributed by atoms with Gasteiger partial charge in [-0.25, -0.2) is 4.39 Å². The molecule has 1 aliphatic heterocycles. The van der Waals surface area contributed by atoms with Gasteiger partial charge in [0.25, 0.3) is 0 Å². The van der Waals surface area contributed by atoms with Crippen molar-refractivity contribution in [3.8, 4) is 0 Å². The molecule has 2 N–H and O–H groups in total. The van der Waals surface area contributed by atoms with Gasteiger partial charge in [0.2, 0.25) is 11.8 Å². The summed E-state index contributed by atoms with van der Waals surface area (Å²) < 4.78 is 13.6. The first kappa shape index (κ1) is 20.3. The second-order valence-electron chi connectivity index (χ2n) is 6.64. The lowest BCUT2D eigenvalue weighted by Gasteiger charge is -2.33. The van der Waals surface area contributed by atoms with Crippen LogP contribution in [0.4, 0.5) is 15.8 Å². The summed E-state index contributed by atoms with van der Waals surface area (Å²) in [5.41, 5.74) is 0.892. The predicted octanol–water partition coefficient (Wildman–Crippen LogP) is 2.67. The monoisotopic (exact) mass is 404 g/mol. The maximum absolute atomic E-state index is 13.6. The van der Waals surface area contributed by atoms with E-state index in [1.165, 1.54) is 12.1 Å². The molecule has 0 unspecified atom stereocenters. The molecule has 28 heavy (non-hydrogen) atoms. The molecule has 8 heteroatoms. The summed E-state index contributed by atoms with van der Waals surface area (Å²) in [6, 6.07) is 13.1. The van der Waals surface area contributed by atoms with Gasteiger partial charge >= 0.3 is 0 Å². The van der Waals surface area contributed by atoms with Crippen LogP contribution in [0.5, 0.6) is 0 Å². The largest absolute Gasteiger partial charge is 0.325 e. The Hall–Kier alpha value is -2.48. The number of halogens is 2.